The summed E-state index contributed by atoms with van der Waals surface area (Å²) >= 11 is 1.27. The molecule has 17 heavy (non-hydrogen) atoms. The quantitative estimate of drug-likeness (QED) is 0.198. The van der Waals surface area contributed by atoms with Crippen LogP contribution in [0.25, 0.3) is 0 Å². The molecule has 5 nitrogen and oxygen atoms in total. The maximum atomic E-state index is 11.7. The molecule has 0 saturated heterocycles. The standard InChI is InChI=1S/C10H14BNO4S/c1-16-7-12-17-6-10(13)8-2-4-9(5-3-8)11(14)15/h2-5,12,14-15H,6-7H2,1H3. The van der Waals surface area contributed by atoms with Crippen molar-refractivity contribution in [2.24, 2.45) is 0 Å². The number of benzene rings is 1. The fourth-order valence-corrected chi connectivity index (χ4v) is 1.74. The van der Waals surface area contributed by atoms with Crippen LogP contribution in [-0.4, -0.2) is 42.5 Å². The number of methoxy groups -OCH3 is 1. The lowest BCUT2D eigenvalue weighted by atomic mass is 9.80. The number of hydrogen-bond acceptors (Lipinski definition) is 6. The molecule has 0 aliphatic heterocycles. The normalized spacial score (nSPS) is 10.3. The predicted molar refractivity (Wildman–Crippen MR) is 68.1 cm³/mol. The molecule has 0 radical (unpaired) electrons. The molecule has 0 saturated carbocycles. The largest absolute Gasteiger partial charge is 0.488 e. The number of ether oxygens (including phenoxy) is 1. The smallest absolute Gasteiger partial charge is 0.423 e. The van der Waals surface area contributed by atoms with Crippen molar-refractivity contribution in [2.75, 3.05) is 19.6 Å². The fourth-order valence-electron chi connectivity index (χ4n) is 1.14. The molecule has 0 fully saturated rings. The average Bonchev–Trinajstić information content (AvgIpc) is 2.34. The lowest BCUT2D eigenvalue weighted by molar-refractivity contribution is 0.102. The highest BCUT2D eigenvalue weighted by Gasteiger charge is 2.11. The number of Topliss-reactive ketones (excluding diaryl/α,β-unsaturated/α-hetero) is 1. The van der Waals surface area contributed by atoms with Crippen molar-refractivity contribution in [1.82, 2.24) is 4.72 Å². The van der Waals surface area contributed by atoms with Crippen LogP contribution in [0.1, 0.15) is 10.4 Å². The average molecular weight is 255 g/mol. The van der Waals surface area contributed by atoms with Gasteiger partial charge in [0, 0.05) is 12.7 Å². The van der Waals surface area contributed by atoms with Gasteiger partial charge in [0.2, 0.25) is 0 Å². The third-order valence-electron chi connectivity index (χ3n) is 2.04. The first-order valence-electron chi connectivity index (χ1n) is 4.98. The first kappa shape index (κ1) is 14.2. The molecule has 0 aliphatic rings. The summed E-state index contributed by atoms with van der Waals surface area (Å²) in [5, 5.41) is 17.8. The highest BCUT2D eigenvalue weighted by atomic mass is 32.2. The molecule has 0 amide bonds. The fraction of sp³-hybridized carbons (Fsp3) is 0.300. The van der Waals surface area contributed by atoms with Gasteiger partial charge in [-0.1, -0.05) is 36.2 Å². The second-order valence-corrected chi connectivity index (χ2v) is 4.15. The third-order valence-corrected chi connectivity index (χ3v) is 2.77. The molecule has 3 N–H and O–H groups in total. The van der Waals surface area contributed by atoms with E-state index in [4.69, 9.17) is 14.8 Å². The highest BCUT2D eigenvalue weighted by molar-refractivity contribution is 7.98. The first-order chi connectivity index (χ1) is 8.15. The summed E-state index contributed by atoms with van der Waals surface area (Å²) < 4.78 is 7.63. The van der Waals surface area contributed by atoms with E-state index in [0.717, 1.165) is 0 Å². The Labute approximate surface area is 104 Å². The summed E-state index contributed by atoms with van der Waals surface area (Å²) in [5.74, 6) is 0.266. The highest BCUT2D eigenvalue weighted by Crippen LogP contribution is 2.04. The monoisotopic (exact) mass is 255 g/mol. The molecule has 0 spiro atoms. The van der Waals surface area contributed by atoms with Crippen LogP contribution in [0.15, 0.2) is 24.3 Å². The van der Waals surface area contributed by atoms with Gasteiger partial charge in [0.05, 0.1) is 5.75 Å². The minimum atomic E-state index is -1.50. The van der Waals surface area contributed by atoms with Crippen molar-refractivity contribution >= 4 is 30.3 Å². The van der Waals surface area contributed by atoms with Crippen LogP contribution in [-0.2, 0) is 4.74 Å². The first-order valence-corrected chi connectivity index (χ1v) is 5.96. The van der Waals surface area contributed by atoms with Crippen LogP contribution in [0.3, 0.4) is 0 Å². The zero-order chi connectivity index (χ0) is 12.7. The minimum absolute atomic E-state index is 0.0300. The van der Waals surface area contributed by atoms with Gasteiger partial charge in [-0.3, -0.25) is 4.79 Å². The number of hydrogen-bond donors (Lipinski definition) is 3. The van der Waals surface area contributed by atoms with Crippen molar-refractivity contribution in [1.29, 1.82) is 0 Å². The van der Waals surface area contributed by atoms with E-state index < -0.39 is 7.12 Å². The van der Waals surface area contributed by atoms with Gasteiger partial charge in [-0.15, -0.1) is 0 Å². The maximum Gasteiger partial charge on any atom is 0.488 e. The number of carbonyl (C=O) groups is 1. The number of nitrogens with one attached hydrogen (secondary N) is 1. The molecular weight excluding hydrogens is 241 g/mol. The van der Waals surface area contributed by atoms with Gasteiger partial charge in [0.15, 0.2) is 5.78 Å². The topological polar surface area (TPSA) is 78.8 Å². The van der Waals surface area contributed by atoms with E-state index in [9.17, 15) is 4.79 Å². The Balaban J connectivity index is 2.46. The number of rotatable bonds is 7. The summed E-state index contributed by atoms with van der Waals surface area (Å²) in [7, 11) is 0.0609. The molecule has 7 heteroatoms. The Morgan fingerprint density at radius 3 is 2.59 bits per heavy atom. The van der Waals surface area contributed by atoms with Gasteiger partial charge in [-0.25, -0.2) is 4.72 Å². The molecular formula is C10H14BNO4S. The number of carbonyl (C=O) groups excluding carboxylic acids is 1. The third kappa shape index (κ3) is 4.89. The Morgan fingerprint density at radius 2 is 2.06 bits per heavy atom. The molecule has 0 bridgehead atoms. The van der Waals surface area contributed by atoms with Gasteiger partial charge in [-0.2, -0.15) is 0 Å². The van der Waals surface area contributed by atoms with Crippen molar-refractivity contribution in [3.05, 3.63) is 29.8 Å². The minimum Gasteiger partial charge on any atom is -0.423 e. The lowest BCUT2D eigenvalue weighted by Gasteiger charge is -2.04. The summed E-state index contributed by atoms with van der Waals surface area (Å²) in [5.41, 5.74) is 0.910. The summed E-state index contributed by atoms with van der Waals surface area (Å²) in [6, 6.07) is 6.19. The van der Waals surface area contributed by atoms with Gasteiger partial charge in [0.25, 0.3) is 0 Å². The van der Waals surface area contributed by atoms with E-state index in [1.165, 1.54) is 24.1 Å². The zero-order valence-corrected chi connectivity index (χ0v) is 10.2. The Morgan fingerprint density at radius 1 is 1.41 bits per heavy atom. The number of ketones is 1. The van der Waals surface area contributed by atoms with E-state index in [2.05, 4.69) is 4.72 Å². The second-order valence-electron chi connectivity index (χ2n) is 3.28. The molecule has 92 valence electrons. The van der Waals surface area contributed by atoms with Gasteiger partial charge < -0.3 is 14.8 Å². The van der Waals surface area contributed by atoms with Gasteiger partial charge in [-0.05, 0) is 5.46 Å². The zero-order valence-electron chi connectivity index (χ0n) is 9.42. The van der Waals surface area contributed by atoms with Crippen molar-refractivity contribution in [2.45, 2.75) is 0 Å². The Kier molecular flexibility index (Phi) is 6.24. The molecule has 0 heterocycles. The Hall–Kier alpha value is -0.855. The van der Waals surface area contributed by atoms with Crippen LogP contribution in [0.5, 0.6) is 0 Å². The maximum absolute atomic E-state index is 11.7. The van der Waals surface area contributed by atoms with E-state index in [1.807, 2.05) is 0 Å². The summed E-state index contributed by atoms with van der Waals surface area (Å²) in [6.07, 6.45) is 0. The van der Waals surface area contributed by atoms with Crippen molar-refractivity contribution in [3.63, 3.8) is 0 Å². The molecule has 0 aromatic heterocycles. The van der Waals surface area contributed by atoms with Crippen LogP contribution in [0.4, 0.5) is 0 Å². The van der Waals surface area contributed by atoms with E-state index >= 15 is 0 Å². The lowest BCUT2D eigenvalue weighted by Crippen LogP contribution is -2.29. The Bertz CT molecular complexity index is 358. The molecule has 1 aromatic carbocycles. The van der Waals surface area contributed by atoms with Gasteiger partial charge in [0.1, 0.15) is 6.73 Å². The van der Waals surface area contributed by atoms with Crippen LogP contribution >= 0.6 is 11.9 Å². The summed E-state index contributed by atoms with van der Waals surface area (Å²) in [6.45, 7) is 0.383. The molecule has 1 rings (SSSR count). The SMILES string of the molecule is COCNSCC(=O)c1ccc(B(O)O)cc1. The molecule has 0 atom stereocenters. The second kappa shape index (κ2) is 7.47. The van der Waals surface area contributed by atoms with E-state index in [1.54, 1.807) is 19.2 Å². The van der Waals surface area contributed by atoms with Crippen molar-refractivity contribution < 1.29 is 19.6 Å². The van der Waals surface area contributed by atoms with Crippen molar-refractivity contribution in [3.8, 4) is 0 Å². The van der Waals surface area contributed by atoms with E-state index in [-0.39, 0.29) is 5.78 Å². The molecule has 1 aromatic rings. The molecule has 0 aliphatic carbocycles. The predicted octanol–water partition coefficient (Wildman–Crippen LogP) is -0.609. The van der Waals surface area contributed by atoms with Crippen LogP contribution < -0.4 is 10.2 Å². The van der Waals surface area contributed by atoms with Crippen LogP contribution in [0.2, 0.25) is 0 Å². The van der Waals surface area contributed by atoms with Crippen LogP contribution in [0, 0.1) is 0 Å². The molecule has 0 unspecified atom stereocenters. The van der Waals surface area contributed by atoms with E-state index in [0.29, 0.717) is 23.5 Å². The van der Waals surface area contributed by atoms with Gasteiger partial charge >= 0.3 is 7.12 Å². The summed E-state index contributed by atoms with van der Waals surface area (Å²) in [4.78, 5) is 11.7.